The second-order valence-electron chi connectivity index (χ2n) is 8.71. The van der Waals surface area contributed by atoms with E-state index in [4.69, 9.17) is 4.74 Å². The SMILES string of the molecule is CCCCCCCCc1ccc(SC(=O)c2ccc(OC(=O)CCCCCCC)cc2)cc1. The van der Waals surface area contributed by atoms with Crippen LogP contribution in [0.2, 0.25) is 0 Å². The number of hydrogen-bond donors (Lipinski definition) is 0. The molecular formula is C29H40O3S. The Balaban J connectivity index is 1.72. The Morgan fingerprint density at radius 1 is 0.697 bits per heavy atom. The molecule has 0 N–H and O–H groups in total. The molecule has 0 unspecified atom stereocenters. The van der Waals surface area contributed by atoms with Crippen LogP contribution >= 0.6 is 11.8 Å². The number of ether oxygens (including phenoxy) is 1. The minimum atomic E-state index is -0.207. The van der Waals surface area contributed by atoms with Crippen LogP contribution in [0.15, 0.2) is 53.4 Å². The zero-order valence-electron chi connectivity index (χ0n) is 20.4. The zero-order valence-corrected chi connectivity index (χ0v) is 21.3. The molecule has 2 rings (SSSR count). The first-order valence-corrected chi connectivity index (χ1v) is 13.6. The summed E-state index contributed by atoms with van der Waals surface area (Å²) < 4.78 is 5.39. The second kappa shape index (κ2) is 16.5. The molecular weight excluding hydrogens is 428 g/mol. The molecule has 0 aliphatic rings. The number of thioether (sulfide) groups is 1. The van der Waals surface area contributed by atoms with Gasteiger partial charge in [-0.05, 0) is 73.0 Å². The fourth-order valence-electron chi connectivity index (χ4n) is 3.71. The molecule has 3 nitrogen and oxygen atoms in total. The average Bonchev–Trinajstić information content (AvgIpc) is 2.82. The highest BCUT2D eigenvalue weighted by molar-refractivity contribution is 8.14. The lowest BCUT2D eigenvalue weighted by Crippen LogP contribution is -2.07. The first kappa shape index (κ1) is 27.2. The van der Waals surface area contributed by atoms with Gasteiger partial charge in [0.1, 0.15) is 5.75 Å². The Hall–Kier alpha value is -2.07. The van der Waals surface area contributed by atoms with E-state index in [0.717, 1.165) is 24.2 Å². The number of rotatable bonds is 16. The quantitative estimate of drug-likeness (QED) is 0.107. The minimum Gasteiger partial charge on any atom is -0.427 e. The fourth-order valence-corrected chi connectivity index (χ4v) is 4.45. The van der Waals surface area contributed by atoms with Crippen LogP contribution in [-0.4, -0.2) is 11.1 Å². The van der Waals surface area contributed by atoms with Crippen molar-refractivity contribution < 1.29 is 14.3 Å². The van der Waals surface area contributed by atoms with Crippen molar-refractivity contribution in [1.82, 2.24) is 0 Å². The highest BCUT2D eigenvalue weighted by Crippen LogP contribution is 2.25. The van der Waals surface area contributed by atoms with Crippen LogP contribution in [0.25, 0.3) is 0 Å². The Labute approximate surface area is 204 Å². The predicted octanol–water partition coefficient (Wildman–Crippen LogP) is 8.79. The van der Waals surface area contributed by atoms with Crippen LogP contribution in [0, 0.1) is 0 Å². The smallest absolute Gasteiger partial charge is 0.311 e. The molecule has 0 spiro atoms. The molecule has 0 bridgehead atoms. The van der Waals surface area contributed by atoms with Crippen molar-refractivity contribution in [1.29, 1.82) is 0 Å². The molecule has 0 radical (unpaired) electrons. The third-order valence-electron chi connectivity index (χ3n) is 5.76. The van der Waals surface area contributed by atoms with Crippen LogP contribution < -0.4 is 4.74 Å². The van der Waals surface area contributed by atoms with Crippen molar-refractivity contribution in [3.05, 3.63) is 59.7 Å². The van der Waals surface area contributed by atoms with Gasteiger partial charge >= 0.3 is 5.97 Å². The van der Waals surface area contributed by atoms with Gasteiger partial charge in [0.25, 0.3) is 0 Å². The number of carbonyl (C=O) groups is 2. The van der Waals surface area contributed by atoms with Crippen LogP contribution in [0.4, 0.5) is 0 Å². The summed E-state index contributed by atoms with van der Waals surface area (Å²) in [5, 5.41) is -0.00697. The van der Waals surface area contributed by atoms with E-state index in [2.05, 4.69) is 26.0 Å². The number of aryl methyl sites for hydroxylation is 1. The van der Waals surface area contributed by atoms with E-state index in [1.54, 1.807) is 24.3 Å². The van der Waals surface area contributed by atoms with E-state index >= 15 is 0 Å². The van der Waals surface area contributed by atoms with Crippen molar-refractivity contribution in [2.45, 2.75) is 102 Å². The third kappa shape index (κ3) is 11.6. The Morgan fingerprint density at radius 2 is 1.27 bits per heavy atom. The van der Waals surface area contributed by atoms with Gasteiger partial charge in [0.05, 0.1) is 0 Å². The van der Waals surface area contributed by atoms with Gasteiger partial charge in [0.2, 0.25) is 5.12 Å². The van der Waals surface area contributed by atoms with E-state index in [1.165, 1.54) is 75.1 Å². The van der Waals surface area contributed by atoms with E-state index < -0.39 is 0 Å². The van der Waals surface area contributed by atoms with Crippen LogP contribution in [0.5, 0.6) is 5.75 Å². The van der Waals surface area contributed by atoms with Crippen LogP contribution in [0.1, 0.15) is 107 Å². The summed E-state index contributed by atoms with van der Waals surface area (Å²) in [6.45, 7) is 4.42. The maximum atomic E-state index is 12.6. The van der Waals surface area contributed by atoms with E-state index in [0.29, 0.717) is 17.7 Å². The monoisotopic (exact) mass is 468 g/mol. The Bertz CT molecular complexity index is 812. The maximum Gasteiger partial charge on any atom is 0.311 e. The molecule has 0 heterocycles. The topological polar surface area (TPSA) is 43.4 Å². The van der Waals surface area contributed by atoms with Gasteiger partial charge in [-0.15, -0.1) is 0 Å². The van der Waals surface area contributed by atoms with E-state index in [9.17, 15) is 9.59 Å². The van der Waals surface area contributed by atoms with Crippen molar-refractivity contribution in [2.75, 3.05) is 0 Å². The number of carbonyl (C=O) groups excluding carboxylic acids is 2. The van der Waals surface area contributed by atoms with Gasteiger partial charge in [0, 0.05) is 16.9 Å². The minimum absolute atomic E-state index is 0.00697. The normalized spacial score (nSPS) is 10.8. The van der Waals surface area contributed by atoms with Crippen molar-refractivity contribution in [3.63, 3.8) is 0 Å². The van der Waals surface area contributed by atoms with Crippen molar-refractivity contribution in [3.8, 4) is 5.75 Å². The van der Waals surface area contributed by atoms with E-state index in [1.807, 2.05) is 12.1 Å². The maximum absolute atomic E-state index is 12.6. The van der Waals surface area contributed by atoms with Crippen molar-refractivity contribution >= 4 is 22.8 Å². The highest BCUT2D eigenvalue weighted by Gasteiger charge is 2.10. The van der Waals surface area contributed by atoms with Gasteiger partial charge in [-0.25, -0.2) is 0 Å². The number of hydrogen-bond acceptors (Lipinski definition) is 4. The first-order chi connectivity index (χ1) is 16.1. The lowest BCUT2D eigenvalue weighted by molar-refractivity contribution is -0.134. The van der Waals surface area contributed by atoms with Gasteiger partial charge in [-0.3, -0.25) is 9.59 Å². The molecule has 0 aromatic heterocycles. The summed E-state index contributed by atoms with van der Waals surface area (Å²) >= 11 is 1.23. The average molecular weight is 469 g/mol. The molecule has 0 saturated heterocycles. The molecule has 33 heavy (non-hydrogen) atoms. The number of unbranched alkanes of at least 4 members (excludes halogenated alkanes) is 9. The molecule has 0 atom stereocenters. The molecule has 2 aromatic rings. The van der Waals surface area contributed by atoms with Gasteiger partial charge in [-0.1, -0.05) is 83.8 Å². The third-order valence-corrected chi connectivity index (χ3v) is 6.69. The summed E-state index contributed by atoms with van der Waals surface area (Å²) in [7, 11) is 0. The predicted molar refractivity (Wildman–Crippen MR) is 139 cm³/mol. The Kier molecular flexibility index (Phi) is 13.6. The molecule has 0 saturated carbocycles. The van der Waals surface area contributed by atoms with Gasteiger partial charge < -0.3 is 4.74 Å². The molecule has 0 aliphatic heterocycles. The van der Waals surface area contributed by atoms with Crippen LogP contribution in [-0.2, 0) is 11.2 Å². The standard InChI is InChI=1S/C29H40O3S/c1-3-5-7-9-11-12-14-24-16-22-27(23-17-24)33-29(31)25-18-20-26(21-19-25)32-28(30)15-13-10-8-6-4-2/h16-23H,3-15H2,1-2H3. The first-order valence-electron chi connectivity index (χ1n) is 12.7. The van der Waals surface area contributed by atoms with E-state index in [-0.39, 0.29) is 11.1 Å². The largest absolute Gasteiger partial charge is 0.427 e. The highest BCUT2D eigenvalue weighted by atomic mass is 32.2. The molecule has 0 amide bonds. The second-order valence-corrected chi connectivity index (χ2v) is 9.76. The number of esters is 1. The van der Waals surface area contributed by atoms with Gasteiger partial charge in [-0.2, -0.15) is 0 Å². The molecule has 180 valence electrons. The number of benzene rings is 2. The zero-order chi connectivity index (χ0) is 23.7. The molecule has 0 aliphatic carbocycles. The lowest BCUT2D eigenvalue weighted by Gasteiger charge is -2.06. The van der Waals surface area contributed by atoms with Crippen molar-refractivity contribution in [2.24, 2.45) is 0 Å². The lowest BCUT2D eigenvalue weighted by atomic mass is 10.1. The van der Waals surface area contributed by atoms with Crippen LogP contribution in [0.3, 0.4) is 0 Å². The summed E-state index contributed by atoms with van der Waals surface area (Å²) in [5.74, 6) is 0.287. The summed E-state index contributed by atoms with van der Waals surface area (Å²) in [5.41, 5.74) is 1.94. The molecule has 4 heteroatoms. The molecule has 0 fully saturated rings. The summed E-state index contributed by atoms with van der Waals surface area (Å²) in [4.78, 5) is 25.5. The molecule has 2 aromatic carbocycles. The van der Waals surface area contributed by atoms with Gasteiger partial charge in [0.15, 0.2) is 0 Å². The summed E-state index contributed by atoms with van der Waals surface area (Å²) in [6, 6.07) is 15.2. The Morgan fingerprint density at radius 3 is 1.91 bits per heavy atom. The fraction of sp³-hybridized carbons (Fsp3) is 0.517. The summed E-state index contributed by atoms with van der Waals surface area (Å²) in [6.07, 6.45) is 14.9.